The van der Waals surface area contributed by atoms with E-state index in [2.05, 4.69) is 4.74 Å². The molecule has 0 aromatic carbocycles. The van der Waals surface area contributed by atoms with Crippen LogP contribution >= 0.6 is 0 Å². The number of halogens is 1. The van der Waals surface area contributed by atoms with Gasteiger partial charge in [-0.25, -0.2) is 4.79 Å². The molecule has 3 nitrogen and oxygen atoms in total. The van der Waals surface area contributed by atoms with E-state index in [4.69, 9.17) is 0 Å². The van der Waals surface area contributed by atoms with Crippen LogP contribution in [0.5, 0.6) is 0 Å². The quantitative estimate of drug-likeness (QED) is 0.289. The molecule has 0 heterocycles. The Bertz CT molecular complexity index is 254. The number of esters is 1. The van der Waals surface area contributed by atoms with E-state index in [1.165, 1.54) is 6.92 Å². The Morgan fingerprint density at radius 2 is 2.15 bits per heavy atom. The normalized spacial score (nSPS) is 12.5. The Labute approximate surface area is 75.9 Å². The molecule has 4 heteroatoms. The first kappa shape index (κ1) is 11.6. The van der Waals surface area contributed by atoms with Crippen LogP contribution in [0.25, 0.3) is 0 Å². The first-order chi connectivity index (χ1) is 6.11. The van der Waals surface area contributed by atoms with Gasteiger partial charge in [0.1, 0.15) is 6.29 Å². The van der Waals surface area contributed by atoms with Crippen molar-refractivity contribution in [3.05, 3.63) is 23.6 Å². The van der Waals surface area contributed by atoms with E-state index in [-0.39, 0.29) is 6.61 Å². The summed E-state index contributed by atoms with van der Waals surface area (Å²) in [6.45, 7) is 3.21. The van der Waals surface area contributed by atoms with Gasteiger partial charge >= 0.3 is 5.97 Å². The largest absolute Gasteiger partial charge is 0.461 e. The zero-order valence-electron chi connectivity index (χ0n) is 7.54. The predicted molar refractivity (Wildman–Crippen MR) is 45.6 cm³/mol. The minimum atomic E-state index is -1.01. The number of hydrogen-bond donors (Lipinski definition) is 0. The molecule has 0 aliphatic heterocycles. The summed E-state index contributed by atoms with van der Waals surface area (Å²) in [5.74, 6) is -2.02. The van der Waals surface area contributed by atoms with Crippen LogP contribution in [0, 0.1) is 0 Å². The van der Waals surface area contributed by atoms with Gasteiger partial charge in [-0.05, 0) is 31.6 Å². The minimum absolute atomic E-state index is 0.122. The van der Waals surface area contributed by atoms with Crippen molar-refractivity contribution in [1.29, 1.82) is 0 Å². The fraction of sp³-hybridized carbons (Fsp3) is 0.333. The maximum atomic E-state index is 12.8. The van der Waals surface area contributed by atoms with Crippen LogP contribution in [-0.2, 0) is 14.3 Å². The van der Waals surface area contributed by atoms with E-state index in [1.807, 2.05) is 0 Å². The van der Waals surface area contributed by atoms with Gasteiger partial charge in [0.25, 0.3) is 0 Å². The molecule has 72 valence electrons. The van der Waals surface area contributed by atoms with Crippen molar-refractivity contribution >= 4 is 12.3 Å². The van der Waals surface area contributed by atoms with Crippen molar-refractivity contribution in [2.75, 3.05) is 6.61 Å². The summed E-state index contributed by atoms with van der Waals surface area (Å²) in [7, 11) is 0. The highest BCUT2D eigenvalue weighted by Crippen LogP contribution is 2.04. The molecule has 0 aliphatic carbocycles. The van der Waals surface area contributed by atoms with Gasteiger partial charge in [0, 0.05) is 0 Å². The highest BCUT2D eigenvalue weighted by Gasteiger charge is 2.08. The van der Waals surface area contributed by atoms with Crippen molar-refractivity contribution < 1.29 is 18.7 Å². The third-order valence-electron chi connectivity index (χ3n) is 1.16. The first-order valence-electron chi connectivity index (χ1n) is 3.78. The standard InChI is InChI=1S/C9H11FO3/c1-3-13-9(12)8(10)6-7(2)4-5-11/h4-6H,3H2,1-2H3. The SMILES string of the molecule is CCOC(=O)C(F)=CC(C)=CC=O. The summed E-state index contributed by atoms with van der Waals surface area (Å²) in [6.07, 6.45) is 2.62. The van der Waals surface area contributed by atoms with Gasteiger partial charge in [0.2, 0.25) is 5.83 Å². The smallest absolute Gasteiger partial charge is 0.367 e. The molecule has 0 radical (unpaired) electrons. The molecule has 0 saturated carbocycles. The maximum Gasteiger partial charge on any atom is 0.367 e. The number of allylic oxidation sites excluding steroid dienone is 3. The summed E-state index contributed by atoms with van der Waals surface area (Å²) >= 11 is 0. The third kappa shape index (κ3) is 4.90. The number of ether oxygens (including phenoxy) is 1. The average molecular weight is 186 g/mol. The van der Waals surface area contributed by atoms with Crippen molar-refractivity contribution in [1.82, 2.24) is 0 Å². The van der Waals surface area contributed by atoms with E-state index in [9.17, 15) is 14.0 Å². The first-order valence-corrected chi connectivity index (χ1v) is 3.78. The van der Waals surface area contributed by atoms with Crippen LogP contribution in [0.3, 0.4) is 0 Å². The molecule has 13 heavy (non-hydrogen) atoms. The number of rotatable bonds is 4. The Hall–Kier alpha value is -1.45. The Morgan fingerprint density at radius 1 is 1.54 bits per heavy atom. The van der Waals surface area contributed by atoms with Gasteiger partial charge in [-0.15, -0.1) is 0 Å². The number of carbonyl (C=O) groups is 2. The third-order valence-corrected chi connectivity index (χ3v) is 1.16. The molecule has 0 aromatic heterocycles. The van der Waals surface area contributed by atoms with Gasteiger partial charge in [0.15, 0.2) is 0 Å². The lowest BCUT2D eigenvalue weighted by atomic mass is 10.2. The second-order valence-electron chi connectivity index (χ2n) is 2.26. The second-order valence-corrected chi connectivity index (χ2v) is 2.26. The molecule has 0 aromatic rings. The molecule has 0 bridgehead atoms. The molecular weight excluding hydrogens is 175 g/mol. The molecule has 0 amide bonds. The fourth-order valence-electron chi connectivity index (χ4n) is 0.614. The van der Waals surface area contributed by atoms with Gasteiger partial charge in [-0.3, -0.25) is 4.79 Å². The zero-order chi connectivity index (χ0) is 10.3. The molecule has 0 N–H and O–H groups in total. The molecule has 0 aliphatic rings. The monoisotopic (exact) mass is 186 g/mol. The number of carbonyl (C=O) groups excluding carboxylic acids is 2. The lowest BCUT2D eigenvalue weighted by molar-refractivity contribution is -0.140. The molecule has 0 saturated heterocycles. The van der Waals surface area contributed by atoms with Gasteiger partial charge in [-0.1, -0.05) is 0 Å². The van der Waals surface area contributed by atoms with Crippen molar-refractivity contribution in [3.8, 4) is 0 Å². The van der Waals surface area contributed by atoms with Gasteiger partial charge in [0.05, 0.1) is 6.61 Å². The minimum Gasteiger partial charge on any atom is -0.461 e. The second kappa shape index (κ2) is 6.11. The number of aldehydes is 1. The van der Waals surface area contributed by atoms with Crippen LogP contribution in [-0.4, -0.2) is 18.9 Å². The summed E-state index contributed by atoms with van der Waals surface area (Å²) in [5.41, 5.74) is 0.362. The highest BCUT2D eigenvalue weighted by atomic mass is 19.1. The fourth-order valence-corrected chi connectivity index (χ4v) is 0.614. The lowest BCUT2D eigenvalue weighted by Gasteiger charge is -1.97. The van der Waals surface area contributed by atoms with Crippen LogP contribution < -0.4 is 0 Å². The maximum absolute atomic E-state index is 12.8. The molecule has 0 unspecified atom stereocenters. The Balaban J connectivity index is 4.39. The zero-order valence-corrected chi connectivity index (χ0v) is 7.54. The van der Waals surface area contributed by atoms with Crippen molar-refractivity contribution in [2.24, 2.45) is 0 Å². The van der Waals surface area contributed by atoms with E-state index in [0.717, 1.165) is 12.2 Å². The van der Waals surface area contributed by atoms with Gasteiger partial charge in [-0.2, -0.15) is 4.39 Å². The van der Waals surface area contributed by atoms with E-state index in [1.54, 1.807) is 6.92 Å². The molecule has 0 fully saturated rings. The molecular formula is C9H11FO3. The van der Waals surface area contributed by atoms with E-state index >= 15 is 0 Å². The topological polar surface area (TPSA) is 43.4 Å². The summed E-state index contributed by atoms with van der Waals surface area (Å²) in [6, 6.07) is 0. The van der Waals surface area contributed by atoms with Crippen LogP contribution in [0.15, 0.2) is 23.6 Å². The van der Waals surface area contributed by atoms with E-state index in [0.29, 0.717) is 11.9 Å². The van der Waals surface area contributed by atoms with Crippen molar-refractivity contribution in [2.45, 2.75) is 13.8 Å². The van der Waals surface area contributed by atoms with Gasteiger partial charge < -0.3 is 4.74 Å². The Kier molecular flexibility index (Phi) is 5.43. The molecule has 0 spiro atoms. The summed E-state index contributed by atoms with van der Waals surface area (Å²) in [4.78, 5) is 20.6. The van der Waals surface area contributed by atoms with E-state index < -0.39 is 11.8 Å². The Morgan fingerprint density at radius 3 is 2.62 bits per heavy atom. The molecule has 0 rings (SSSR count). The highest BCUT2D eigenvalue weighted by molar-refractivity contribution is 5.86. The summed E-state index contributed by atoms with van der Waals surface area (Å²) < 4.78 is 17.2. The van der Waals surface area contributed by atoms with Crippen LogP contribution in [0.2, 0.25) is 0 Å². The van der Waals surface area contributed by atoms with Crippen LogP contribution in [0.1, 0.15) is 13.8 Å². The lowest BCUT2D eigenvalue weighted by Crippen LogP contribution is -2.04. The molecule has 0 atom stereocenters. The summed E-state index contributed by atoms with van der Waals surface area (Å²) in [5, 5.41) is 0. The van der Waals surface area contributed by atoms with Crippen molar-refractivity contribution in [3.63, 3.8) is 0 Å². The van der Waals surface area contributed by atoms with Crippen LogP contribution in [0.4, 0.5) is 4.39 Å². The number of hydrogen-bond acceptors (Lipinski definition) is 3. The predicted octanol–water partition coefficient (Wildman–Crippen LogP) is 1.55. The average Bonchev–Trinajstić information content (AvgIpc) is 2.05.